The third-order valence-corrected chi connectivity index (χ3v) is 2.87. The fraction of sp³-hybridized carbons (Fsp3) is 0.133. The van der Waals surface area contributed by atoms with Gasteiger partial charge in [-0.3, -0.25) is 4.79 Å². The van der Waals surface area contributed by atoms with E-state index in [2.05, 4.69) is 0 Å². The first-order chi connectivity index (χ1) is 9.49. The normalized spacial score (nSPS) is 10.4. The van der Waals surface area contributed by atoms with Crippen LogP contribution in [0.4, 0.5) is 13.2 Å². The molecule has 0 saturated carbocycles. The van der Waals surface area contributed by atoms with Crippen LogP contribution in [0.1, 0.15) is 15.9 Å². The molecule has 20 heavy (non-hydrogen) atoms. The van der Waals surface area contributed by atoms with Gasteiger partial charge in [-0.15, -0.1) is 0 Å². The van der Waals surface area contributed by atoms with Crippen LogP contribution >= 0.6 is 0 Å². The SMILES string of the molecule is CN(Cc1ccccc1F)C(=O)c1cc(F)ccc1F. The zero-order chi connectivity index (χ0) is 14.7. The summed E-state index contributed by atoms with van der Waals surface area (Å²) >= 11 is 0. The van der Waals surface area contributed by atoms with Crippen molar-refractivity contribution in [3.8, 4) is 0 Å². The molecular weight excluding hydrogens is 267 g/mol. The Morgan fingerprint density at radius 3 is 2.45 bits per heavy atom. The van der Waals surface area contributed by atoms with Gasteiger partial charge in [-0.2, -0.15) is 0 Å². The number of halogens is 3. The Morgan fingerprint density at radius 2 is 1.75 bits per heavy atom. The molecule has 2 aromatic carbocycles. The van der Waals surface area contributed by atoms with Crippen LogP contribution < -0.4 is 0 Å². The molecule has 0 radical (unpaired) electrons. The number of carbonyl (C=O) groups excluding carboxylic acids is 1. The second kappa shape index (κ2) is 5.77. The first kappa shape index (κ1) is 14.1. The fourth-order valence-corrected chi connectivity index (χ4v) is 1.82. The zero-order valence-electron chi connectivity index (χ0n) is 10.7. The van der Waals surface area contributed by atoms with E-state index in [0.717, 1.165) is 23.1 Å². The molecule has 0 saturated heterocycles. The number of nitrogens with zero attached hydrogens (tertiary/aromatic N) is 1. The lowest BCUT2D eigenvalue weighted by Crippen LogP contribution is -2.27. The van der Waals surface area contributed by atoms with Crippen LogP contribution in [0.25, 0.3) is 0 Å². The molecule has 5 heteroatoms. The van der Waals surface area contributed by atoms with E-state index in [1.165, 1.54) is 25.2 Å². The molecule has 2 aromatic rings. The highest BCUT2D eigenvalue weighted by atomic mass is 19.1. The van der Waals surface area contributed by atoms with E-state index in [1.54, 1.807) is 6.07 Å². The zero-order valence-corrected chi connectivity index (χ0v) is 10.7. The Morgan fingerprint density at radius 1 is 1.05 bits per heavy atom. The molecule has 0 aliphatic carbocycles. The van der Waals surface area contributed by atoms with Crippen molar-refractivity contribution < 1.29 is 18.0 Å². The predicted molar refractivity (Wildman–Crippen MR) is 68.6 cm³/mol. The highest BCUT2D eigenvalue weighted by molar-refractivity contribution is 5.94. The van der Waals surface area contributed by atoms with E-state index >= 15 is 0 Å². The lowest BCUT2D eigenvalue weighted by molar-refractivity contribution is 0.0778. The molecule has 0 heterocycles. The maximum absolute atomic E-state index is 13.5. The summed E-state index contributed by atoms with van der Waals surface area (Å²) in [6.45, 7) is -0.0263. The van der Waals surface area contributed by atoms with E-state index in [0.29, 0.717) is 5.56 Å². The van der Waals surface area contributed by atoms with Gasteiger partial charge in [0, 0.05) is 19.2 Å². The maximum Gasteiger partial charge on any atom is 0.256 e. The average molecular weight is 279 g/mol. The number of hydrogen-bond donors (Lipinski definition) is 0. The number of rotatable bonds is 3. The van der Waals surface area contributed by atoms with Gasteiger partial charge in [0.2, 0.25) is 0 Å². The summed E-state index contributed by atoms with van der Waals surface area (Å²) in [5.41, 5.74) is -0.0657. The molecule has 0 aliphatic rings. The molecule has 0 bridgehead atoms. The van der Waals surface area contributed by atoms with Crippen LogP contribution in [-0.4, -0.2) is 17.9 Å². The van der Waals surface area contributed by atoms with E-state index in [-0.39, 0.29) is 12.1 Å². The first-order valence-corrected chi connectivity index (χ1v) is 5.93. The van der Waals surface area contributed by atoms with Crippen LogP contribution in [0.5, 0.6) is 0 Å². The Balaban J connectivity index is 2.21. The fourth-order valence-electron chi connectivity index (χ4n) is 1.82. The largest absolute Gasteiger partial charge is 0.337 e. The standard InChI is InChI=1S/C15H12F3NO/c1-19(9-10-4-2-3-5-13(10)17)15(20)12-8-11(16)6-7-14(12)18/h2-8H,9H2,1H3. The van der Waals surface area contributed by atoms with E-state index in [9.17, 15) is 18.0 Å². The van der Waals surface area contributed by atoms with Crippen LogP contribution in [0.2, 0.25) is 0 Å². The molecule has 2 nitrogen and oxygen atoms in total. The van der Waals surface area contributed by atoms with Gasteiger partial charge in [-0.25, -0.2) is 13.2 Å². The average Bonchev–Trinajstić information content (AvgIpc) is 2.43. The molecule has 104 valence electrons. The second-order valence-electron chi connectivity index (χ2n) is 4.38. The molecule has 0 atom stereocenters. The van der Waals surface area contributed by atoms with Crippen molar-refractivity contribution in [2.24, 2.45) is 0 Å². The van der Waals surface area contributed by atoms with Crippen LogP contribution in [0.3, 0.4) is 0 Å². The minimum atomic E-state index is -0.809. The highest BCUT2D eigenvalue weighted by Crippen LogP contribution is 2.15. The van der Waals surface area contributed by atoms with Crippen LogP contribution in [0, 0.1) is 17.5 Å². The van der Waals surface area contributed by atoms with Gasteiger partial charge < -0.3 is 4.90 Å². The lowest BCUT2D eigenvalue weighted by atomic mass is 10.1. The number of carbonyl (C=O) groups is 1. The van der Waals surface area contributed by atoms with Crippen molar-refractivity contribution >= 4 is 5.91 Å². The smallest absolute Gasteiger partial charge is 0.256 e. The quantitative estimate of drug-likeness (QED) is 0.843. The van der Waals surface area contributed by atoms with E-state index < -0.39 is 23.4 Å². The van der Waals surface area contributed by atoms with Gasteiger partial charge in [-0.05, 0) is 24.3 Å². The van der Waals surface area contributed by atoms with Gasteiger partial charge in [-0.1, -0.05) is 18.2 Å². The Hall–Kier alpha value is -2.30. The molecule has 1 amide bonds. The summed E-state index contributed by atoms with van der Waals surface area (Å²) in [7, 11) is 1.40. The molecule has 0 aliphatic heterocycles. The molecule has 0 unspecified atom stereocenters. The van der Waals surface area contributed by atoms with Crippen LogP contribution in [-0.2, 0) is 6.54 Å². The third-order valence-electron chi connectivity index (χ3n) is 2.87. The van der Waals surface area contributed by atoms with Crippen LogP contribution in [0.15, 0.2) is 42.5 Å². The van der Waals surface area contributed by atoms with Gasteiger partial charge in [0.05, 0.1) is 5.56 Å². The number of amides is 1. The van der Waals surface area contributed by atoms with Crippen molar-refractivity contribution in [2.75, 3.05) is 7.05 Å². The van der Waals surface area contributed by atoms with Gasteiger partial charge >= 0.3 is 0 Å². The summed E-state index contributed by atoms with van der Waals surface area (Å²) in [6.07, 6.45) is 0. The summed E-state index contributed by atoms with van der Waals surface area (Å²) < 4.78 is 40.1. The number of hydrogen-bond acceptors (Lipinski definition) is 1. The summed E-state index contributed by atoms with van der Waals surface area (Å²) in [6, 6.07) is 8.63. The monoisotopic (exact) mass is 279 g/mol. The van der Waals surface area contributed by atoms with Crippen molar-refractivity contribution in [2.45, 2.75) is 6.54 Å². The Bertz CT molecular complexity index is 643. The maximum atomic E-state index is 13.5. The van der Waals surface area contributed by atoms with E-state index in [1.807, 2.05) is 0 Å². The second-order valence-corrected chi connectivity index (χ2v) is 4.38. The third kappa shape index (κ3) is 2.99. The molecule has 0 spiro atoms. The number of benzene rings is 2. The molecule has 0 aromatic heterocycles. The molecular formula is C15H12F3NO. The topological polar surface area (TPSA) is 20.3 Å². The van der Waals surface area contributed by atoms with Gasteiger partial charge in [0.25, 0.3) is 5.91 Å². The minimum Gasteiger partial charge on any atom is -0.337 e. The van der Waals surface area contributed by atoms with E-state index in [4.69, 9.17) is 0 Å². The van der Waals surface area contributed by atoms with Crippen molar-refractivity contribution in [1.82, 2.24) is 4.90 Å². The summed E-state index contributed by atoms with van der Waals surface area (Å²) in [4.78, 5) is 13.2. The Kier molecular flexibility index (Phi) is 4.08. The molecule has 0 fully saturated rings. The molecule has 0 N–H and O–H groups in total. The van der Waals surface area contributed by atoms with Crippen molar-refractivity contribution in [1.29, 1.82) is 0 Å². The van der Waals surface area contributed by atoms with Crippen molar-refractivity contribution in [3.63, 3.8) is 0 Å². The lowest BCUT2D eigenvalue weighted by Gasteiger charge is -2.18. The predicted octanol–water partition coefficient (Wildman–Crippen LogP) is 3.38. The summed E-state index contributed by atoms with van der Waals surface area (Å²) in [5.74, 6) is -2.66. The minimum absolute atomic E-state index is 0.0263. The highest BCUT2D eigenvalue weighted by Gasteiger charge is 2.18. The van der Waals surface area contributed by atoms with Crippen molar-refractivity contribution in [3.05, 3.63) is 71.0 Å². The Labute approximate surface area is 114 Å². The van der Waals surface area contributed by atoms with Gasteiger partial charge in [0.1, 0.15) is 17.5 Å². The van der Waals surface area contributed by atoms with Gasteiger partial charge in [0.15, 0.2) is 0 Å². The summed E-state index contributed by atoms with van der Waals surface area (Å²) in [5, 5.41) is 0. The molecule has 2 rings (SSSR count). The first-order valence-electron chi connectivity index (χ1n) is 5.93.